The lowest BCUT2D eigenvalue weighted by Crippen LogP contribution is -2.59. The fraction of sp³-hybridized carbons (Fsp3) is 0.712. The van der Waals surface area contributed by atoms with Crippen molar-refractivity contribution in [1.82, 2.24) is 0 Å². The van der Waals surface area contributed by atoms with Crippen molar-refractivity contribution in [2.75, 3.05) is 26.4 Å². The maximum Gasteiger partial charge on any atom is 0.306 e. The molecule has 9 nitrogen and oxygen atoms in total. The van der Waals surface area contributed by atoms with Gasteiger partial charge >= 0.3 is 5.97 Å². The molecule has 0 aromatic heterocycles. The summed E-state index contributed by atoms with van der Waals surface area (Å²) in [4.78, 5) is 12.9. The summed E-state index contributed by atoms with van der Waals surface area (Å²) in [5, 5.41) is 40.3. The van der Waals surface area contributed by atoms with Gasteiger partial charge in [0.25, 0.3) is 0 Å². The van der Waals surface area contributed by atoms with E-state index in [9.17, 15) is 25.2 Å². The van der Waals surface area contributed by atoms with Crippen molar-refractivity contribution >= 4 is 5.97 Å². The third kappa shape index (κ3) is 38.9. The molecule has 0 amide bonds. The van der Waals surface area contributed by atoms with Crippen LogP contribution in [0.15, 0.2) is 97.2 Å². The zero-order valence-corrected chi connectivity index (χ0v) is 43.1. The van der Waals surface area contributed by atoms with Gasteiger partial charge in [0, 0.05) is 13.0 Å². The van der Waals surface area contributed by atoms with Crippen LogP contribution in [0.4, 0.5) is 0 Å². The van der Waals surface area contributed by atoms with Crippen LogP contribution in [0.2, 0.25) is 0 Å². The zero-order chi connectivity index (χ0) is 49.2. The van der Waals surface area contributed by atoms with Crippen LogP contribution in [0.1, 0.15) is 206 Å². The lowest BCUT2D eigenvalue weighted by molar-refractivity contribution is -0.305. The fourth-order valence-corrected chi connectivity index (χ4v) is 7.83. The van der Waals surface area contributed by atoms with Gasteiger partial charge in [-0.1, -0.05) is 207 Å². The maximum atomic E-state index is 12.9. The number of allylic oxidation sites excluding steroid dienone is 16. The average molecular weight is 953 g/mol. The quantitative estimate of drug-likeness (QED) is 0.0267. The van der Waals surface area contributed by atoms with Crippen LogP contribution in [0.5, 0.6) is 0 Å². The number of unbranched alkanes of at least 4 members (excludes halogenated alkanes) is 19. The number of carbonyl (C=O) groups excluding carboxylic acids is 1. The third-order valence-electron chi connectivity index (χ3n) is 12.0. The van der Waals surface area contributed by atoms with Crippen LogP contribution < -0.4 is 0 Å². The Morgan fingerprint density at radius 2 is 0.853 bits per heavy atom. The van der Waals surface area contributed by atoms with Crippen LogP contribution in [-0.2, 0) is 23.7 Å². The van der Waals surface area contributed by atoms with Crippen LogP contribution in [0.3, 0.4) is 0 Å². The maximum absolute atomic E-state index is 12.9. The number of carbonyl (C=O) groups is 1. The standard InChI is InChI=1S/C59H100O9/c1-3-5-7-9-11-13-15-17-19-21-23-25-27-28-30-32-34-36-38-40-42-44-46-48-55(61)67-53(52-66-59-58(64)57(63)56(62)54(50-60)68-59)51-65-49-47-45-43-41-39-37-35-33-31-29-26-24-22-20-18-16-14-12-10-8-6-4-2/h5-8,11-14,17-20,23-26,53-54,56-60,62-64H,3-4,9-10,15-16,21-22,27-52H2,1-2H3/b7-5-,8-6-,13-11-,14-12-,19-17-,20-18-,25-23-,26-24-. The van der Waals surface area contributed by atoms with Crippen molar-refractivity contribution in [2.45, 2.75) is 243 Å². The molecule has 1 aliphatic heterocycles. The van der Waals surface area contributed by atoms with Crippen molar-refractivity contribution in [3.05, 3.63) is 97.2 Å². The molecule has 1 saturated heterocycles. The van der Waals surface area contributed by atoms with E-state index in [-0.39, 0.29) is 19.2 Å². The van der Waals surface area contributed by atoms with E-state index in [4.69, 9.17) is 18.9 Å². The molecule has 1 aliphatic rings. The van der Waals surface area contributed by atoms with Gasteiger partial charge in [-0.05, 0) is 89.9 Å². The minimum Gasteiger partial charge on any atom is -0.457 e. The van der Waals surface area contributed by atoms with E-state index in [0.29, 0.717) is 13.0 Å². The molecule has 0 saturated carbocycles. The van der Waals surface area contributed by atoms with Crippen molar-refractivity contribution in [1.29, 1.82) is 0 Å². The number of rotatable bonds is 46. The number of hydrogen-bond donors (Lipinski definition) is 4. The van der Waals surface area contributed by atoms with Crippen molar-refractivity contribution < 1.29 is 44.2 Å². The summed E-state index contributed by atoms with van der Waals surface area (Å²) in [6, 6.07) is 0. The molecule has 0 aliphatic carbocycles. The lowest BCUT2D eigenvalue weighted by atomic mass is 9.99. The fourth-order valence-electron chi connectivity index (χ4n) is 7.83. The molecule has 6 unspecified atom stereocenters. The highest BCUT2D eigenvalue weighted by molar-refractivity contribution is 5.69. The van der Waals surface area contributed by atoms with Crippen molar-refractivity contribution in [3.63, 3.8) is 0 Å². The van der Waals surface area contributed by atoms with Crippen LogP contribution in [-0.4, -0.2) is 89.6 Å². The lowest BCUT2D eigenvalue weighted by Gasteiger charge is -2.39. The molecule has 0 aromatic carbocycles. The molecule has 1 heterocycles. The van der Waals surface area contributed by atoms with E-state index in [1.807, 2.05) is 0 Å². The van der Waals surface area contributed by atoms with E-state index < -0.39 is 43.4 Å². The van der Waals surface area contributed by atoms with Gasteiger partial charge in [0.15, 0.2) is 6.29 Å². The van der Waals surface area contributed by atoms with Gasteiger partial charge in [-0.2, -0.15) is 0 Å². The monoisotopic (exact) mass is 953 g/mol. The molecular weight excluding hydrogens is 853 g/mol. The van der Waals surface area contributed by atoms with Gasteiger partial charge in [-0.15, -0.1) is 0 Å². The molecule has 0 bridgehead atoms. The molecule has 0 aromatic rings. The Bertz CT molecular complexity index is 1360. The topological polar surface area (TPSA) is 135 Å². The molecule has 4 N–H and O–H groups in total. The minimum atomic E-state index is -1.54. The predicted octanol–water partition coefficient (Wildman–Crippen LogP) is 13.9. The number of esters is 1. The largest absolute Gasteiger partial charge is 0.457 e. The molecular formula is C59H100O9. The first-order valence-corrected chi connectivity index (χ1v) is 27.3. The van der Waals surface area contributed by atoms with E-state index in [2.05, 4.69) is 111 Å². The smallest absolute Gasteiger partial charge is 0.306 e. The van der Waals surface area contributed by atoms with Gasteiger partial charge in [0.2, 0.25) is 0 Å². The van der Waals surface area contributed by atoms with Gasteiger partial charge in [-0.25, -0.2) is 0 Å². The van der Waals surface area contributed by atoms with E-state index in [1.54, 1.807) is 0 Å². The number of ether oxygens (including phenoxy) is 4. The van der Waals surface area contributed by atoms with Crippen LogP contribution >= 0.6 is 0 Å². The summed E-state index contributed by atoms with van der Waals surface area (Å²) in [6.07, 6.45) is 61.5. The van der Waals surface area contributed by atoms with Crippen LogP contribution in [0.25, 0.3) is 0 Å². The second-order valence-corrected chi connectivity index (χ2v) is 18.3. The normalized spacial score (nSPS) is 19.9. The average Bonchev–Trinajstić information content (AvgIpc) is 3.34. The van der Waals surface area contributed by atoms with Crippen molar-refractivity contribution in [2.24, 2.45) is 0 Å². The molecule has 9 heteroatoms. The Balaban J connectivity index is 2.19. The summed E-state index contributed by atoms with van der Waals surface area (Å²) in [5.74, 6) is -0.323. The highest BCUT2D eigenvalue weighted by Crippen LogP contribution is 2.23. The van der Waals surface area contributed by atoms with E-state index in [0.717, 1.165) is 103 Å². The number of aliphatic hydroxyl groups excluding tert-OH is 4. The second kappa shape index (κ2) is 49.1. The summed E-state index contributed by atoms with van der Waals surface area (Å²) in [6.45, 7) is 4.32. The summed E-state index contributed by atoms with van der Waals surface area (Å²) in [7, 11) is 0. The Hall–Kier alpha value is -2.89. The molecule has 1 fully saturated rings. The van der Waals surface area contributed by atoms with E-state index >= 15 is 0 Å². The van der Waals surface area contributed by atoms with Gasteiger partial charge in [0.1, 0.15) is 30.5 Å². The first kappa shape index (κ1) is 63.1. The Morgan fingerprint density at radius 1 is 0.471 bits per heavy atom. The summed E-state index contributed by atoms with van der Waals surface area (Å²) in [5.41, 5.74) is 0. The predicted molar refractivity (Wildman–Crippen MR) is 283 cm³/mol. The molecule has 68 heavy (non-hydrogen) atoms. The Morgan fingerprint density at radius 3 is 1.28 bits per heavy atom. The molecule has 1 rings (SSSR count). The third-order valence-corrected chi connectivity index (χ3v) is 12.0. The summed E-state index contributed by atoms with van der Waals surface area (Å²) < 4.78 is 22.9. The Kier molecular flexibility index (Phi) is 45.6. The highest BCUT2D eigenvalue weighted by atomic mass is 16.7. The molecule has 6 atom stereocenters. The van der Waals surface area contributed by atoms with Gasteiger partial charge < -0.3 is 39.4 Å². The Labute approximate surface area is 415 Å². The minimum absolute atomic E-state index is 0.123. The second-order valence-electron chi connectivity index (χ2n) is 18.3. The summed E-state index contributed by atoms with van der Waals surface area (Å²) >= 11 is 0. The first-order valence-electron chi connectivity index (χ1n) is 27.3. The van der Waals surface area contributed by atoms with Crippen LogP contribution in [0, 0.1) is 0 Å². The van der Waals surface area contributed by atoms with Crippen molar-refractivity contribution in [3.8, 4) is 0 Å². The molecule has 390 valence electrons. The van der Waals surface area contributed by atoms with Gasteiger partial charge in [0.05, 0.1) is 19.8 Å². The zero-order valence-electron chi connectivity index (χ0n) is 43.1. The first-order chi connectivity index (χ1) is 33.4. The SMILES string of the molecule is CC/C=C\C/C=C\C/C=C\C/C=C\CCCCCCCCCCCCC(=O)OC(COCCCCCCCCCCC/C=C\C/C=C\C/C=C\C/C=C\CC)COC1OC(CO)C(O)C(O)C1O. The van der Waals surface area contributed by atoms with E-state index in [1.165, 1.54) is 83.5 Å². The van der Waals surface area contributed by atoms with Gasteiger partial charge in [-0.3, -0.25) is 4.79 Å². The molecule has 0 radical (unpaired) electrons. The molecule has 0 spiro atoms. The number of aliphatic hydroxyl groups is 4. The highest BCUT2D eigenvalue weighted by Gasteiger charge is 2.44. The number of hydrogen-bond acceptors (Lipinski definition) is 9.